The first-order valence-corrected chi connectivity index (χ1v) is 6.32. The van der Waals surface area contributed by atoms with Crippen LogP contribution in [0.3, 0.4) is 0 Å². The van der Waals surface area contributed by atoms with Crippen molar-refractivity contribution in [3.63, 3.8) is 0 Å². The Hall–Kier alpha value is -1.33. The highest BCUT2D eigenvalue weighted by Crippen LogP contribution is 2.28. The maximum absolute atomic E-state index is 11.3. The van der Waals surface area contributed by atoms with Gasteiger partial charge in [0.2, 0.25) is 5.91 Å². The van der Waals surface area contributed by atoms with Crippen LogP contribution >= 0.6 is 15.9 Å². The van der Waals surface area contributed by atoms with E-state index >= 15 is 0 Å². The normalized spacial score (nSPS) is 10.2. The average Bonchev–Trinajstić information content (AvgIpc) is 2.31. The van der Waals surface area contributed by atoms with Crippen LogP contribution in [0.2, 0.25) is 0 Å². The van der Waals surface area contributed by atoms with Gasteiger partial charge in [-0.1, -0.05) is 22.5 Å². The van der Waals surface area contributed by atoms with E-state index in [0.29, 0.717) is 18.0 Å². The van der Waals surface area contributed by atoms with Crippen molar-refractivity contribution in [3.05, 3.63) is 35.3 Å². The zero-order valence-electron chi connectivity index (χ0n) is 10.6. The van der Waals surface area contributed by atoms with Gasteiger partial charge in [0.15, 0.2) is 0 Å². The minimum absolute atomic E-state index is 0.259. The summed E-state index contributed by atoms with van der Waals surface area (Å²) in [5, 5.41) is 2.71. The van der Waals surface area contributed by atoms with E-state index in [1.165, 1.54) is 6.08 Å². The fourth-order valence-electron chi connectivity index (χ4n) is 1.25. The molecule has 0 bridgehead atoms. The third-order valence-corrected chi connectivity index (χ3v) is 2.67. The van der Waals surface area contributed by atoms with Crippen molar-refractivity contribution in [2.45, 2.75) is 0 Å². The lowest BCUT2D eigenvalue weighted by Crippen LogP contribution is -2.20. The zero-order chi connectivity index (χ0) is 13.5. The average molecular weight is 313 g/mol. The largest absolute Gasteiger partial charge is 0.490 e. The highest BCUT2D eigenvalue weighted by atomic mass is 79.9. The molecule has 0 heterocycles. The molecule has 0 fully saturated rings. The summed E-state index contributed by atoms with van der Waals surface area (Å²) in [7, 11) is 3.96. The van der Waals surface area contributed by atoms with E-state index in [0.717, 1.165) is 11.0 Å². The Morgan fingerprint density at radius 3 is 2.89 bits per heavy atom. The Kier molecular flexibility index (Phi) is 5.88. The second-order valence-corrected chi connectivity index (χ2v) is 4.90. The Balaban J connectivity index is 2.76. The molecule has 4 nitrogen and oxygen atoms in total. The molecule has 1 aromatic rings. The summed E-state index contributed by atoms with van der Waals surface area (Å²) < 4.78 is 6.51. The number of carbonyl (C=O) groups is 1. The number of rotatable bonds is 6. The van der Waals surface area contributed by atoms with Gasteiger partial charge < -0.3 is 15.0 Å². The minimum atomic E-state index is -0.259. The SMILES string of the molecule is C=CC(=O)Nc1cc(Br)ccc1OCCN(C)C. The number of nitrogens with one attached hydrogen (secondary N) is 1. The molecule has 1 rings (SSSR count). The van der Waals surface area contributed by atoms with Crippen molar-refractivity contribution < 1.29 is 9.53 Å². The molecule has 0 aromatic heterocycles. The molecule has 0 spiro atoms. The van der Waals surface area contributed by atoms with Gasteiger partial charge in [-0.15, -0.1) is 0 Å². The molecule has 0 aliphatic heterocycles. The van der Waals surface area contributed by atoms with Crippen molar-refractivity contribution >= 4 is 27.5 Å². The van der Waals surface area contributed by atoms with Crippen LogP contribution in [0.1, 0.15) is 0 Å². The van der Waals surface area contributed by atoms with Gasteiger partial charge in [0.25, 0.3) is 0 Å². The van der Waals surface area contributed by atoms with E-state index < -0.39 is 0 Å². The Bertz CT molecular complexity index is 433. The molecular weight excluding hydrogens is 296 g/mol. The van der Waals surface area contributed by atoms with Gasteiger partial charge in [0.05, 0.1) is 5.69 Å². The number of carbonyl (C=O) groups excluding carboxylic acids is 1. The van der Waals surface area contributed by atoms with E-state index in [-0.39, 0.29) is 5.91 Å². The Labute approximate surface area is 116 Å². The molecule has 1 amide bonds. The zero-order valence-corrected chi connectivity index (χ0v) is 12.2. The summed E-state index contributed by atoms with van der Waals surface area (Å²) in [6.07, 6.45) is 1.23. The van der Waals surface area contributed by atoms with Crippen molar-refractivity contribution in [1.82, 2.24) is 4.90 Å². The molecule has 0 aliphatic carbocycles. The van der Waals surface area contributed by atoms with Crippen LogP contribution in [0.25, 0.3) is 0 Å². The van der Waals surface area contributed by atoms with Gasteiger partial charge in [-0.3, -0.25) is 4.79 Å². The van der Waals surface area contributed by atoms with E-state index in [1.807, 2.05) is 31.1 Å². The highest BCUT2D eigenvalue weighted by molar-refractivity contribution is 9.10. The van der Waals surface area contributed by atoms with Crippen molar-refractivity contribution in [1.29, 1.82) is 0 Å². The number of halogens is 1. The first kappa shape index (κ1) is 14.7. The van der Waals surface area contributed by atoms with E-state index in [1.54, 1.807) is 6.07 Å². The van der Waals surface area contributed by atoms with Crippen molar-refractivity contribution in [3.8, 4) is 5.75 Å². The summed E-state index contributed by atoms with van der Waals surface area (Å²) in [4.78, 5) is 13.3. The van der Waals surface area contributed by atoms with Crippen molar-refractivity contribution in [2.24, 2.45) is 0 Å². The number of likely N-dealkylation sites (N-methyl/N-ethyl adjacent to an activating group) is 1. The van der Waals surface area contributed by atoms with Gasteiger partial charge in [-0.25, -0.2) is 0 Å². The fraction of sp³-hybridized carbons (Fsp3) is 0.308. The number of ether oxygens (including phenoxy) is 1. The third kappa shape index (κ3) is 4.89. The second kappa shape index (κ2) is 7.18. The molecule has 0 saturated carbocycles. The summed E-state index contributed by atoms with van der Waals surface area (Å²) in [5.74, 6) is 0.390. The van der Waals surface area contributed by atoms with E-state index in [4.69, 9.17) is 4.74 Å². The number of nitrogens with zero attached hydrogens (tertiary/aromatic N) is 1. The lowest BCUT2D eigenvalue weighted by molar-refractivity contribution is -0.111. The van der Waals surface area contributed by atoms with Crippen LogP contribution in [0.15, 0.2) is 35.3 Å². The highest BCUT2D eigenvalue weighted by Gasteiger charge is 2.07. The number of hydrogen-bond acceptors (Lipinski definition) is 3. The molecule has 98 valence electrons. The molecule has 0 saturated heterocycles. The molecule has 0 unspecified atom stereocenters. The lowest BCUT2D eigenvalue weighted by atomic mass is 10.3. The predicted octanol–water partition coefficient (Wildman–Crippen LogP) is 2.51. The number of benzene rings is 1. The number of amides is 1. The third-order valence-electron chi connectivity index (χ3n) is 2.18. The lowest BCUT2D eigenvalue weighted by Gasteiger charge is -2.14. The molecule has 0 radical (unpaired) electrons. The van der Waals surface area contributed by atoms with Crippen LogP contribution in [0.5, 0.6) is 5.75 Å². The maximum Gasteiger partial charge on any atom is 0.247 e. The first-order chi connectivity index (χ1) is 8.52. The van der Waals surface area contributed by atoms with E-state index in [9.17, 15) is 4.79 Å². The van der Waals surface area contributed by atoms with Crippen molar-refractivity contribution in [2.75, 3.05) is 32.6 Å². The second-order valence-electron chi connectivity index (χ2n) is 3.99. The standard InChI is InChI=1S/C13H17BrN2O2/c1-4-13(17)15-11-9-10(14)5-6-12(11)18-8-7-16(2)3/h4-6,9H,1,7-8H2,2-3H3,(H,15,17). The van der Waals surface area contributed by atoms with Gasteiger partial charge in [-0.05, 0) is 38.4 Å². The predicted molar refractivity (Wildman–Crippen MR) is 77.0 cm³/mol. The van der Waals surface area contributed by atoms with E-state index in [2.05, 4.69) is 27.8 Å². The molecular formula is C13H17BrN2O2. The quantitative estimate of drug-likeness (QED) is 0.821. The molecule has 5 heteroatoms. The molecule has 1 aromatic carbocycles. The fourth-order valence-corrected chi connectivity index (χ4v) is 1.61. The van der Waals surface area contributed by atoms with Gasteiger partial charge >= 0.3 is 0 Å². The van der Waals surface area contributed by atoms with Crippen LogP contribution in [0, 0.1) is 0 Å². The van der Waals surface area contributed by atoms with Crippen LogP contribution in [0.4, 0.5) is 5.69 Å². The molecule has 18 heavy (non-hydrogen) atoms. The molecule has 0 atom stereocenters. The molecule has 0 aliphatic rings. The maximum atomic E-state index is 11.3. The summed E-state index contributed by atoms with van der Waals surface area (Å²) in [6.45, 7) is 4.79. The minimum Gasteiger partial charge on any atom is -0.490 e. The number of anilines is 1. The first-order valence-electron chi connectivity index (χ1n) is 5.53. The van der Waals surface area contributed by atoms with Gasteiger partial charge in [0, 0.05) is 11.0 Å². The topological polar surface area (TPSA) is 41.6 Å². The summed E-state index contributed by atoms with van der Waals surface area (Å²) in [5.41, 5.74) is 0.632. The van der Waals surface area contributed by atoms with Gasteiger partial charge in [0.1, 0.15) is 12.4 Å². The van der Waals surface area contributed by atoms with Gasteiger partial charge in [-0.2, -0.15) is 0 Å². The van der Waals surface area contributed by atoms with Crippen LogP contribution in [-0.4, -0.2) is 38.1 Å². The number of hydrogen-bond donors (Lipinski definition) is 1. The summed E-state index contributed by atoms with van der Waals surface area (Å²) in [6, 6.07) is 5.49. The Morgan fingerprint density at radius 1 is 1.56 bits per heavy atom. The van der Waals surface area contributed by atoms with Crippen LogP contribution < -0.4 is 10.1 Å². The summed E-state index contributed by atoms with van der Waals surface area (Å²) >= 11 is 3.36. The molecule has 1 N–H and O–H groups in total. The Morgan fingerprint density at radius 2 is 2.28 bits per heavy atom. The monoisotopic (exact) mass is 312 g/mol. The van der Waals surface area contributed by atoms with Crippen LogP contribution in [-0.2, 0) is 4.79 Å². The smallest absolute Gasteiger partial charge is 0.247 e.